The van der Waals surface area contributed by atoms with Gasteiger partial charge in [-0.2, -0.15) is 0 Å². The number of pyridine rings is 2. The van der Waals surface area contributed by atoms with Crippen molar-refractivity contribution in [1.29, 1.82) is 0 Å². The molecule has 1 saturated carbocycles. The van der Waals surface area contributed by atoms with Crippen LogP contribution in [0.1, 0.15) is 42.7 Å². The van der Waals surface area contributed by atoms with Gasteiger partial charge in [-0.1, -0.05) is 6.07 Å². The molecule has 1 aliphatic carbocycles. The van der Waals surface area contributed by atoms with E-state index in [-0.39, 0.29) is 5.56 Å². The van der Waals surface area contributed by atoms with Gasteiger partial charge >= 0.3 is 0 Å². The average Bonchev–Trinajstić information content (AvgIpc) is 3.70. The molecule has 0 amide bonds. The van der Waals surface area contributed by atoms with Gasteiger partial charge in [-0.3, -0.25) is 4.79 Å². The molecule has 1 aliphatic heterocycles. The molecule has 34 heavy (non-hydrogen) atoms. The number of piperidine rings is 1. The first-order valence-electron chi connectivity index (χ1n) is 12.0. The molecule has 2 aliphatic rings. The monoisotopic (exact) mass is 452 g/mol. The molecule has 7 heteroatoms. The SMILES string of the molecule is Cc1cc(Nc2nc(-c3cncnc3)cc3cc[nH]c(=O)c23)ccc1C1CCN(C2CC2)CC1. The summed E-state index contributed by atoms with van der Waals surface area (Å²) >= 11 is 0. The Labute approximate surface area is 198 Å². The van der Waals surface area contributed by atoms with Gasteiger partial charge in [-0.25, -0.2) is 15.0 Å². The standard InChI is InChI=1S/C27H28N6O/c1-17-12-21(2-5-23(17)18-7-10-33(11-8-18)22-3-4-22)31-26-25-19(6-9-30-27(25)34)13-24(32-26)20-14-28-16-29-15-20/h2,5-6,9,12-16,18,22H,3-4,7-8,10-11H2,1H3,(H,30,34)(H,31,32). The van der Waals surface area contributed by atoms with E-state index in [0.29, 0.717) is 17.1 Å². The van der Waals surface area contributed by atoms with Crippen LogP contribution in [0.5, 0.6) is 0 Å². The van der Waals surface area contributed by atoms with Gasteiger partial charge in [0.2, 0.25) is 0 Å². The first-order chi connectivity index (χ1) is 16.7. The Bertz CT molecular complexity index is 1390. The van der Waals surface area contributed by atoms with Crippen LogP contribution >= 0.6 is 0 Å². The largest absolute Gasteiger partial charge is 0.340 e. The number of hydrogen-bond donors (Lipinski definition) is 2. The lowest BCUT2D eigenvalue weighted by molar-refractivity contribution is 0.203. The predicted molar refractivity (Wildman–Crippen MR) is 134 cm³/mol. The zero-order valence-electron chi connectivity index (χ0n) is 19.3. The molecule has 7 nitrogen and oxygen atoms in total. The topological polar surface area (TPSA) is 86.8 Å². The lowest BCUT2D eigenvalue weighted by Crippen LogP contribution is -2.34. The second-order valence-corrected chi connectivity index (χ2v) is 9.49. The van der Waals surface area contributed by atoms with E-state index in [4.69, 9.17) is 4.98 Å². The molecule has 172 valence electrons. The number of H-pyrrole nitrogens is 1. The molecule has 0 bridgehead atoms. The van der Waals surface area contributed by atoms with E-state index >= 15 is 0 Å². The molecule has 0 unspecified atom stereocenters. The van der Waals surface area contributed by atoms with Crippen molar-refractivity contribution in [2.24, 2.45) is 0 Å². The van der Waals surface area contributed by atoms with Crippen LogP contribution in [0, 0.1) is 6.92 Å². The van der Waals surface area contributed by atoms with Crippen molar-refractivity contribution < 1.29 is 0 Å². The summed E-state index contributed by atoms with van der Waals surface area (Å²) in [7, 11) is 0. The Kier molecular flexibility index (Phi) is 5.34. The highest BCUT2D eigenvalue weighted by atomic mass is 16.1. The lowest BCUT2D eigenvalue weighted by Gasteiger charge is -2.33. The smallest absolute Gasteiger partial charge is 0.259 e. The van der Waals surface area contributed by atoms with Crippen molar-refractivity contribution in [3.63, 3.8) is 0 Å². The van der Waals surface area contributed by atoms with Crippen LogP contribution in [0.4, 0.5) is 11.5 Å². The molecule has 0 radical (unpaired) electrons. The van der Waals surface area contributed by atoms with Gasteiger partial charge in [0.25, 0.3) is 5.56 Å². The fraction of sp³-hybridized carbons (Fsp3) is 0.333. The van der Waals surface area contributed by atoms with Gasteiger partial charge in [0.15, 0.2) is 0 Å². The number of hydrogen-bond acceptors (Lipinski definition) is 6. The number of nitrogens with one attached hydrogen (secondary N) is 2. The Balaban J connectivity index is 1.31. The van der Waals surface area contributed by atoms with Crippen LogP contribution < -0.4 is 10.9 Å². The third-order valence-electron chi connectivity index (χ3n) is 7.18. The highest BCUT2D eigenvalue weighted by Crippen LogP contribution is 2.36. The molecular formula is C27H28N6O. The van der Waals surface area contributed by atoms with E-state index in [1.165, 1.54) is 56.2 Å². The molecule has 1 aromatic carbocycles. The zero-order chi connectivity index (χ0) is 23.1. The zero-order valence-corrected chi connectivity index (χ0v) is 19.3. The predicted octanol–water partition coefficient (Wildman–Crippen LogP) is 4.77. The van der Waals surface area contributed by atoms with Crippen LogP contribution in [-0.2, 0) is 0 Å². The fourth-order valence-electron chi connectivity index (χ4n) is 5.25. The van der Waals surface area contributed by atoms with Crippen molar-refractivity contribution in [1.82, 2.24) is 24.8 Å². The molecular weight excluding hydrogens is 424 g/mol. The van der Waals surface area contributed by atoms with Crippen molar-refractivity contribution in [3.8, 4) is 11.3 Å². The molecule has 4 aromatic rings. The summed E-state index contributed by atoms with van der Waals surface area (Å²) in [4.78, 5) is 31.1. The van der Waals surface area contributed by atoms with E-state index in [2.05, 4.69) is 50.3 Å². The van der Waals surface area contributed by atoms with Crippen molar-refractivity contribution in [2.45, 2.75) is 44.6 Å². The number of aryl methyl sites for hydroxylation is 1. The van der Waals surface area contributed by atoms with Crippen LogP contribution in [0.15, 0.2) is 60.0 Å². The van der Waals surface area contributed by atoms with Crippen LogP contribution in [-0.4, -0.2) is 44.0 Å². The Hall–Kier alpha value is -3.58. The fourth-order valence-corrected chi connectivity index (χ4v) is 5.25. The van der Waals surface area contributed by atoms with E-state index in [1.807, 2.05) is 12.1 Å². The minimum Gasteiger partial charge on any atom is -0.340 e. The second-order valence-electron chi connectivity index (χ2n) is 9.49. The lowest BCUT2D eigenvalue weighted by atomic mass is 9.86. The molecule has 2 N–H and O–H groups in total. The number of benzene rings is 1. The van der Waals surface area contributed by atoms with E-state index in [0.717, 1.165) is 28.4 Å². The number of aromatic nitrogens is 4. The van der Waals surface area contributed by atoms with E-state index < -0.39 is 0 Å². The summed E-state index contributed by atoms with van der Waals surface area (Å²) in [6.07, 6.45) is 11.8. The van der Waals surface area contributed by atoms with Gasteiger partial charge in [-0.05, 0) is 92.4 Å². The Morgan fingerprint density at radius 2 is 1.82 bits per heavy atom. The third kappa shape index (κ3) is 4.07. The van der Waals surface area contributed by atoms with Crippen LogP contribution in [0.25, 0.3) is 22.0 Å². The van der Waals surface area contributed by atoms with Crippen molar-refractivity contribution in [2.75, 3.05) is 18.4 Å². The highest BCUT2D eigenvalue weighted by Gasteiger charge is 2.32. The molecule has 1 saturated heterocycles. The first-order valence-corrected chi connectivity index (χ1v) is 12.0. The molecule has 6 rings (SSSR count). The number of nitrogens with zero attached hydrogens (tertiary/aromatic N) is 4. The van der Waals surface area contributed by atoms with Crippen molar-refractivity contribution in [3.05, 3.63) is 76.7 Å². The first kappa shape index (κ1) is 21.0. The molecule has 4 heterocycles. The Morgan fingerprint density at radius 3 is 2.56 bits per heavy atom. The maximum Gasteiger partial charge on any atom is 0.259 e. The second kappa shape index (κ2) is 8.65. The van der Waals surface area contributed by atoms with Crippen LogP contribution in [0.3, 0.4) is 0 Å². The average molecular weight is 453 g/mol. The number of likely N-dealkylation sites (tertiary alicyclic amines) is 1. The van der Waals surface area contributed by atoms with Gasteiger partial charge < -0.3 is 15.2 Å². The number of fused-ring (bicyclic) bond motifs is 1. The summed E-state index contributed by atoms with van der Waals surface area (Å²) in [5.41, 5.74) is 5.00. The maximum absolute atomic E-state index is 12.7. The molecule has 0 spiro atoms. The van der Waals surface area contributed by atoms with Crippen molar-refractivity contribution >= 4 is 22.3 Å². The minimum absolute atomic E-state index is 0.167. The van der Waals surface area contributed by atoms with Gasteiger partial charge in [0, 0.05) is 35.9 Å². The van der Waals surface area contributed by atoms with E-state index in [1.54, 1.807) is 18.6 Å². The summed E-state index contributed by atoms with van der Waals surface area (Å²) < 4.78 is 0. The quantitative estimate of drug-likeness (QED) is 0.453. The normalized spacial score (nSPS) is 17.2. The molecule has 0 atom stereocenters. The van der Waals surface area contributed by atoms with E-state index in [9.17, 15) is 4.79 Å². The summed E-state index contributed by atoms with van der Waals surface area (Å²) in [5.74, 6) is 1.15. The number of rotatable bonds is 5. The van der Waals surface area contributed by atoms with Crippen LogP contribution in [0.2, 0.25) is 0 Å². The third-order valence-corrected chi connectivity index (χ3v) is 7.18. The maximum atomic E-state index is 12.7. The summed E-state index contributed by atoms with van der Waals surface area (Å²) in [6.45, 7) is 4.61. The van der Waals surface area contributed by atoms with Gasteiger partial charge in [0.05, 0.1) is 11.1 Å². The molecule has 2 fully saturated rings. The number of aromatic amines is 1. The van der Waals surface area contributed by atoms with Gasteiger partial charge in [0.1, 0.15) is 12.1 Å². The van der Waals surface area contributed by atoms with Gasteiger partial charge in [-0.15, -0.1) is 0 Å². The highest BCUT2D eigenvalue weighted by molar-refractivity contribution is 5.95. The summed E-state index contributed by atoms with van der Waals surface area (Å²) in [6, 6.07) is 11.2. The Morgan fingerprint density at radius 1 is 1.03 bits per heavy atom. The summed E-state index contributed by atoms with van der Waals surface area (Å²) in [5, 5.41) is 4.77. The molecule has 3 aromatic heterocycles. The minimum atomic E-state index is -0.167. The number of anilines is 2.